The lowest BCUT2D eigenvalue weighted by molar-refractivity contribution is -0.146. The molecule has 0 atom stereocenters. The molecule has 0 spiro atoms. The van der Waals surface area contributed by atoms with E-state index in [2.05, 4.69) is 15.1 Å². The Morgan fingerprint density at radius 1 is 0.833 bits per heavy atom. The van der Waals surface area contributed by atoms with Gasteiger partial charge in [0.2, 0.25) is 0 Å². The van der Waals surface area contributed by atoms with Gasteiger partial charge in [0.25, 0.3) is 0 Å². The lowest BCUT2D eigenvalue weighted by Crippen LogP contribution is -2.48. The average Bonchev–Trinajstić information content (AvgIpc) is 2.84. The minimum Gasteiger partial charge on any atom is -0.460 e. The van der Waals surface area contributed by atoms with Crippen LogP contribution in [0.3, 0.4) is 0 Å². The summed E-state index contributed by atoms with van der Waals surface area (Å²) in [5, 5.41) is 2.64. The van der Waals surface area contributed by atoms with Gasteiger partial charge >= 0.3 is 12.1 Å². The number of rotatable bonds is 16. The van der Waals surface area contributed by atoms with Gasteiger partial charge in [0, 0.05) is 39.3 Å². The standard InChI is InChI=1S/C26H43N3O7/c1-26(2,3)36-25(31)27-9-15-32-17-19-34-20-18-33-16-14-28-10-12-29(13-11-28)21-24(30)35-22-23-7-5-4-6-8-23/h4-8H,9-22H2,1-3H3,(H,27,31). The number of alkyl carbamates (subject to hydrolysis) is 1. The first-order valence-electron chi connectivity index (χ1n) is 12.7. The van der Waals surface area contributed by atoms with Crippen LogP contribution in [-0.2, 0) is 35.1 Å². The molecule has 1 aliphatic rings. The molecule has 36 heavy (non-hydrogen) atoms. The smallest absolute Gasteiger partial charge is 0.407 e. The molecule has 0 radical (unpaired) electrons. The van der Waals surface area contributed by atoms with Crippen LogP contribution < -0.4 is 5.32 Å². The number of carbonyl (C=O) groups is 2. The Balaban J connectivity index is 1.35. The van der Waals surface area contributed by atoms with Crippen molar-refractivity contribution in [2.45, 2.75) is 33.0 Å². The molecule has 0 aromatic heterocycles. The molecule has 0 unspecified atom stereocenters. The molecule has 10 nitrogen and oxygen atoms in total. The second-order valence-electron chi connectivity index (χ2n) is 9.53. The highest BCUT2D eigenvalue weighted by molar-refractivity contribution is 5.71. The maximum atomic E-state index is 12.1. The van der Waals surface area contributed by atoms with Crippen molar-refractivity contribution in [3.63, 3.8) is 0 Å². The van der Waals surface area contributed by atoms with Crippen LogP contribution >= 0.6 is 0 Å². The Kier molecular flexibility index (Phi) is 14.4. The molecule has 1 aliphatic heterocycles. The Bertz CT molecular complexity index is 735. The number of piperazine rings is 1. The minimum absolute atomic E-state index is 0.182. The molecule has 0 saturated carbocycles. The number of ether oxygens (including phenoxy) is 5. The summed E-state index contributed by atoms with van der Waals surface area (Å²) in [7, 11) is 0. The molecule has 0 bridgehead atoms. The van der Waals surface area contributed by atoms with Gasteiger partial charge in [0.15, 0.2) is 0 Å². The highest BCUT2D eigenvalue weighted by Gasteiger charge is 2.19. The van der Waals surface area contributed by atoms with E-state index in [1.807, 2.05) is 51.1 Å². The molecule has 10 heteroatoms. The predicted molar refractivity (Wildman–Crippen MR) is 136 cm³/mol. The minimum atomic E-state index is -0.504. The number of nitrogens with zero attached hydrogens (tertiary/aromatic N) is 2. The molecule has 1 saturated heterocycles. The van der Waals surface area contributed by atoms with Crippen molar-refractivity contribution >= 4 is 12.1 Å². The molecule has 1 N–H and O–H groups in total. The van der Waals surface area contributed by atoms with Crippen molar-refractivity contribution in [3.8, 4) is 0 Å². The summed E-state index contributed by atoms with van der Waals surface area (Å²) in [5.74, 6) is -0.182. The quantitative estimate of drug-likeness (QED) is 0.265. The van der Waals surface area contributed by atoms with Gasteiger partial charge in [-0.3, -0.25) is 14.6 Å². The highest BCUT2D eigenvalue weighted by Crippen LogP contribution is 2.06. The van der Waals surface area contributed by atoms with Gasteiger partial charge in [-0.25, -0.2) is 4.79 Å². The Morgan fingerprint density at radius 2 is 1.42 bits per heavy atom. The van der Waals surface area contributed by atoms with Crippen LogP contribution in [-0.4, -0.2) is 113 Å². The van der Waals surface area contributed by atoms with Crippen LogP contribution in [0.1, 0.15) is 26.3 Å². The van der Waals surface area contributed by atoms with Crippen LogP contribution in [0.4, 0.5) is 4.79 Å². The zero-order valence-electron chi connectivity index (χ0n) is 22.0. The lowest BCUT2D eigenvalue weighted by Gasteiger charge is -2.33. The molecule has 1 amide bonds. The highest BCUT2D eigenvalue weighted by atomic mass is 16.6. The first-order valence-corrected chi connectivity index (χ1v) is 12.7. The summed E-state index contributed by atoms with van der Waals surface area (Å²) in [5.41, 5.74) is 0.495. The first-order chi connectivity index (χ1) is 17.3. The molecule has 204 valence electrons. The van der Waals surface area contributed by atoms with E-state index in [1.165, 1.54) is 0 Å². The van der Waals surface area contributed by atoms with Gasteiger partial charge in [-0.05, 0) is 26.3 Å². The molecular formula is C26H43N3O7. The number of nitrogens with one attached hydrogen (secondary N) is 1. The van der Waals surface area contributed by atoms with Crippen molar-refractivity contribution in [1.82, 2.24) is 15.1 Å². The summed E-state index contributed by atoms with van der Waals surface area (Å²) < 4.78 is 27.1. The summed E-state index contributed by atoms with van der Waals surface area (Å²) in [6, 6.07) is 9.72. The van der Waals surface area contributed by atoms with E-state index in [-0.39, 0.29) is 5.97 Å². The summed E-state index contributed by atoms with van der Waals surface area (Å²) in [6.07, 6.45) is -0.444. The third-order valence-electron chi connectivity index (χ3n) is 5.27. The van der Waals surface area contributed by atoms with E-state index in [4.69, 9.17) is 23.7 Å². The van der Waals surface area contributed by atoms with Crippen molar-refractivity contribution in [2.24, 2.45) is 0 Å². The van der Waals surface area contributed by atoms with Gasteiger partial charge < -0.3 is 29.0 Å². The maximum Gasteiger partial charge on any atom is 0.407 e. The van der Waals surface area contributed by atoms with Gasteiger partial charge in [-0.1, -0.05) is 30.3 Å². The molecule has 0 aliphatic carbocycles. The Labute approximate surface area is 215 Å². The lowest BCUT2D eigenvalue weighted by atomic mass is 10.2. The molecule has 2 rings (SSSR count). The van der Waals surface area contributed by atoms with E-state index in [0.29, 0.717) is 59.3 Å². The topological polar surface area (TPSA) is 98.8 Å². The molecule has 1 aromatic rings. The fraction of sp³-hybridized carbons (Fsp3) is 0.692. The van der Waals surface area contributed by atoms with Crippen molar-refractivity contribution in [1.29, 1.82) is 0 Å². The first kappa shape index (κ1) is 30.0. The van der Waals surface area contributed by atoms with Gasteiger partial charge in [-0.2, -0.15) is 0 Å². The normalized spacial score (nSPS) is 15.0. The number of esters is 1. The van der Waals surface area contributed by atoms with Gasteiger partial charge in [0.1, 0.15) is 12.2 Å². The SMILES string of the molecule is CC(C)(C)OC(=O)NCCOCCOCCOCCN1CCN(CC(=O)OCc2ccccc2)CC1. The third-order valence-corrected chi connectivity index (χ3v) is 5.27. The fourth-order valence-electron chi connectivity index (χ4n) is 3.41. The summed E-state index contributed by atoms with van der Waals surface area (Å²) >= 11 is 0. The van der Waals surface area contributed by atoms with Crippen LogP contribution in [0.5, 0.6) is 0 Å². The number of amides is 1. The van der Waals surface area contributed by atoms with Crippen LogP contribution in [0.2, 0.25) is 0 Å². The summed E-state index contributed by atoms with van der Waals surface area (Å²) in [6.45, 7) is 13.9. The van der Waals surface area contributed by atoms with E-state index in [1.54, 1.807) is 0 Å². The number of hydrogen-bond acceptors (Lipinski definition) is 9. The summed E-state index contributed by atoms with van der Waals surface area (Å²) in [4.78, 5) is 28.0. The van der Waals surface area contributed by atoms with Crippen molar-refractivity contribution in [3.05, 3.63) is 35.9 Å². The number of hydrogen-bond donors (Lipinski definition) is 1. The van der Waals surface area contributed by atoms with Crippen LogP contribution in [0, 0.1) is 0 Å². The van der Waals surface area contributed by atoms with E-state index in [0.717, 1.165) is 38.3 Å². The third kappa shape index (κ3) is 15.0. The largest absolute Gasteiger partial charge is 0.460 e. The molecule has 1 heterocycles. The van der Waals surface area contributed by atoms with Crippen molar-refractivity contribution < 1.29 is 33.3 Å². The predicted octanol–water partition coefficient (Wildman–Crippen LogP) is 1.92. The number of benzene rings is 1. The van der Waals surface area contributed by atoms with E-state index >= 15 is 0 Å². The molecule has 1 aromatic carbocycles. The zero-order chi connectivity index (χ0) is 26.1. The van der Waals surface area contributed by atoms with Crippen molar-refractivity contribution in [2.75, 3.05) is 85.5 Å². The number of carbonyl (C=O) groups excluding carboxylic acids is 2. The molecule has 1 fully saturated rings. The van der Waals surface area contributed by atoms with E-state index < -0.39 is 11.7 Å². The van der Waals surface area contributed by atoms with Gasteiger partial charge in [-0.15, -0.1) is 0 Å². The average molecular weight is 510 g/mol. The second kappa shape index (κ2) is 17.3. The van der Waals surface area contributed by atoms with Crippen LogP contribution in [0.25, 0.3) is 0 Å². The second-order valence-corrected chi connectivity index (χ2v) is 9.53. The Hall–Kier alpha value is -2.24. The monoisotopic (exact) mass is 509 g/mol. The van der Waals surface area contributed by atoms with E-state index in [9.17, 15) is 9.59 Å². The fourth-order valence-corrected chi connectivity index (χ4v) is 3.41. The maximum absolute atomic E-state index is 12.1. The molecular weight excluding hydrogens is 466 g/mol. The Morgan fingerprint density at radius 3 is 2.06 bits per heavy atom. The zero-order valence-corrected chi connectivity index (χ0v) is 22.0. The van der Waals surface area contributed by atoms with Crippen LogP contribution in [0.15, 0.2) is 30.3 Å². The van der Waals surface area contributed by atoms with Gasteiger partial charge in [0.05, 0.1) is 46.2 Å².